The summed E-state index contributed by atoms with van der Waals surface area (Å²) in [5.41, 5.74) is 2.49. The zero-order chi connectivity index (χ0) is 13.0. The van der Waals surface area contributed by atoms with Gasteiger partial charge < -0.3 is 10.2 Å². The Morgan fingerprint density at radius 3 is 2.39 bits per heavy atom. The Morgan fingerprint density at radius 2 is 1.83 bits per heavy atom. The molecule has 1 aromatic rings. The molecule has 4 N–H and O–H groups in total. The normalized spacial score (nSPS) is 14.4. The molecular weight excluding hydrogens is 230 g/mol. The van der Waals surface area contributed by atoms with E-state index in [1.165, 1.54) is 12.8 Å². The SMILES string of the molecule is CCN(CC)c1nc(NN)nc(NCC2CC2)n1. The molecule has 0 spiro atoms. The number of anilines is 3. The molecule has 7 nitrogen and oxygen atoms in total. The highest BCUT2D eigenvalue weighted by atomic mass is 15.4. The van der Waals surface area contributed by atoms with Crippen LogP contribution in [0.4, 0.5) is 17.8 Å². The third-order valence-electron chi connectivity index (χ3n) is 3.04. The van der Waals surface area contributed by atoms with Crippen LogP contribution in [0.2, 0.25) is 0 Å². The first-order chi connectivity index (χ1) is 8.76. The molecule has 0 unspecified atom stereocenters. The Bertz CT molecular complexity index is 387. The minimum absolute atomic E-state index is 0.394. The van der Waals surface area contributed by atoms with E-state index in [0.717, 1.165) is 25.6 Å². The third-order valence-corrected chi connectivity index (χ3v) is 3.04. The smallest absolute Gasteiger partial charge is 0.243 e. The average Bonchev–Trinajstić information content (AvgIpc) is 3.21. The van der Waals surface area contributed by atoms with Crippen LogP contribution in [0.3, 0.4) is 0 Å². The quantitative estimate of drug-likeness (QED) is 0.488. The zero-order valence-electron chi connectivity index (χ0n) is 11.0. The first kappa shape index (κ1) is 12.8. The monoisotopic (exact) mass is 251 g/mol. The fraction of sp³-hybridized carbons (Fsp3) is 0.727. The highest BCUT2D eigenvalue weighted by molar-refractivity contribution is 5.43. The van der Waals surface area contributed by atoms with Gasteiger partial charge >= 0.3 is 0 Å². The van der Waals surface area contributed by atoms with Crippen LogP contribution in [0.5, 0.6) is 0 Å². The van der Waals surface area contributed by atoms with Crippen molar-refractivity contribution in [2.45, 2.75) is 26.7 Å². The van der Waals surface area contributed by atoms with Gasteiger partial charge in [0.15, 0.2) is 0 Å². The first-order valence-corrected chi connectivity index (χ1v) is 6.48. The van der Waals surface area contributed by atoms with Crippen molar-refractivity contribution >= 4 is 17.8 Å². The number of aromatic nitrogens is 3. The minimum Gasteiger partial charge on any atom is -0.354 e. The van der Waals surface area contributed by atoms with Crippen LogP contribution >= 0.6 is 0 Å². The highest BCUT2D eigenvalue weighted by Gasteiger charge is 2.21. The number of rotatable bonds is 7. The van der Waals surface area contributed by atoms with Crippen LogP contribution in [0.25, 0.3) is 0 Å². The van der Waals surface area contributed by atoms with Gasteiger partial charge in [-0.1, -0.05) is 0 Å². The predicted octanol–water partition coefficient (Wildman–Crippen LogP) is 0.825. The molecule has 0 saturated heterocycles. The van der Waals surface area contributed by atoms with Crippen LogP contribution in [0, 0.1) is 5.92 Å². The van der Waals surface area contributed by atoms with E-state index in [-0.39, 0.29) is 0 Å². The van der Waals surface area contributed by atoms with Crippen molar-refractivity contribution in [2.24, 2.45) is 11.8 Å². The molecule has 1 aromatic heterocycles. The van der Waals surface area contributed by atoms with E-state index in [0.29, 0.717) is 17.8 Å². The summed E-state index contributed by atoms with van der Waals surface area (Å²) in [6.07, 6.45) is 2.59. The Kier molecular flexibility index (Phi) is 4.14. The van der Waals surface area contributed by atoms with Gasteiger partial charge in [0.2, 0.25) is 17.8 Å². The molecule has 1 aliphatic carbocycles. The zero-order valence-corrected chi connectivity index (χ0v) is 11.0. The molecule has 18 heavy (non-hydrogen) atoms. The second kappa shape index (κ2) is 5.81. The number of hydrogen-bond donors (Lipinski definition) is 3. The van der Waals surface area contributed by atoms with Crippen LogP contribution in [-0.2, 0) is 0 Å². The Hall–Kier alpha value is -1.63. The summed E-state index contributed by atoms with van der Waals surface area (Å²) in [6, 6.07) is 0. The molecule has 7 heteroatoms. The second-order valence-electron chi connectivity index (χ2n) is 4.42. The van der Waals surface area contributed by atoms with E-state index < -0.39 is 0 Å². The van der Waals surface area contributed by atoms with Crippen molar-refractivity contribution in [1.82, 2.24) is 15.0 Å². The number of nitrogens with one attached hydrogen (secondary N) is 2. The van der Waals surface area contributed by atoms with E-state index in [1.807, 2.05) is 0 Å². The molecule has 1 saturated carbocycles. The predicted molar refractivity (Wildman–Crippen MR) is 72.4 cm³/mol. The van der Waals surface area contributed by atoms with Crippen LogP contribution in [0.15, 0.2) is 0 Å². The van der Waals surface area contributed by atoms with E-state index >= 15 is 0 Å². The van der Waals surface area contributed by atoms with Gasteiger partial charge in [0, 0.05) is 19.6 Å². The first-order valence-electron chi connectivity index (χ1n) is 6.48. The molecule has 0 atom stereocenters. The van der Waals surface area contributed by atoms with Crippen molar-refractivity contribution in [3.8, 4) is 0 Å². The highest BCUT2D eigenvalue weighted by Crippen LogP contribution is 2.28. The molecule has 0 aliphatic heterocycles. The average molecular weight is 251 g/mol. The molecule has 0 radical (unpaired) electrons. The lowest BCUT2D eigenvalue weighted by Crippen LogP contribution is -2.26. The molecule has 100 valence electrons. The van der Waals surface area contributed by atoms with E-state index in [2.05, 4.69) is 44.4 Å². The van der Waals surface area contributed by atoms with Crippen molar-refractivity contribution in [3.05, 3.63) is 0 Å². The molecule has 1 aliphatic rings. The van der Waals surface area contributed by atoms with Crippen molar-refractivity contribution < 1.29 is 0 Å². The summed E-state index contributed by atoms with van der Waals surface area (Å²) in [4.78, 5) is 15.0. The van der Waals surface area contributed by atoms with Crippen molar-refractivity contribution in [2.75, 3.05) is 35.3 Å². The lowest BCUT2D eigenvalue weighted by Gasteiger charge is -2.19. The molecule has 2 rings (SSSR count). The Labute approximate surface area is 107 Å². The number of nitrogens with zero attached hydrogens (tertiary/aromatic N) is 4. The van der Waals surface area contributed by atoms with Gasteiger partial charge in [-0.2, -0.15) is 15.0 Å². The Balaban J connectivity index is 2.13. The van der Waals surface area contributed by atoms with Gasteiger partial charge in [-0.25, -0.2) is 5.84 Å². The summed E-state index contributed by atoms with van der Waals surface area (Å²) >= 11 is 0. The fourth-order valence-corrected chi connectivity index (χ4v) is 1.71. The number of nitrogens with two attached hydrogens (primary N) is 1. The molecule has 1 heterocycles. The molecular formula is C11H21N7. The number of hydrazine groups is 1. The van der Waals surface area contributed by atoms with E-state index in [9.17, 15) is 0 Å². The fourth-order valence-electron chi connectivity index (χ4n) is 1.71. The maximum absolute atomic E-state index is 5.39. The van der Waals surface area contributed by atoms with Crippen molar-refractivity contribution in [3.63, 3.8) is 0 Å². The third kappa shape index (κ3) is 3.19. The number of nitrogen functional groups attached to an aromatic ring is 1. The molecule has 0 aromatic carbocycles. The summed E-state index contributed by atoms with van der Waals surface area (Å²) < 4.78 is 0. The Morgan fingerprint density at radius 1 is 1.17 bits per heavy atom. The van der Waals surface area contributed by atoms with Crippen molar-refractivity contribution in [1.29, 1.82) is 0 Å². The maximum atomic E-state index is 5.39. The van der Waals surface area contributed by atoms with Crippen LogP contribution in [0.1, 0.15) is 26.7 Å². The second-order valence-corrected chi connectivity index (χ2v) is 4.42. The van der Waals surface area contributed by atoms with E-state index in [1.54, 1.807) is 0 Å². The van der Waals surface area contributed by atoms with E-state index in [4.69, 9.17) is 5.84 Å². The van der Waals surface area contributed by atoms with Gasteiger partial charge in [0.1, 0.15) is 0 Å². The molecule has 0 bridgehead atoms. The van der Waals surface area contributed by atoms with Crippen LogP contribution in [-0.4, -0.2) is 34.6 Å². The summed E-state index contributed by atoms with van der Waals surface area (Å²) in [5.74, 6) is 7.80. The standard InChI is InChI=1S/C11H21N7/c1-3-18(4-2)11-15-9(13-7-8-5-6-8)14-10(16-11)17-12/h8H,3-7,12H2,1-2H3,(H2,13,14,15,16,17). The van der Waals surface area contributed by atoms with Gasteiger partial charge in [-0.15, -0.1) is 0 Å². The van der Waals surface area contributed by atoms with Gasteiger partial charge in [-0.05, 0) is 32.6 Å². The largest absolute Gasteiger partial charge is 0.354 e. The summed E-state index contributed by atoms with van der Waals surface area (Å²) in [7, 11) is 0. The lowest BCUT2D eigenvalue weighted by atomic mass is 10.4. The summed E-state index contributed by atoms with van der Waals surface area (Å²) in [5, 5.41) is 3.24. The molecule has 1 fully saturated rings. The lowest BCUT2D eigenvalue weighted by molar-refractivity contribution is 0.806. The summed E-state index contributed by atoms with van der Waals surface area (Å²) in [6.45, 7) is 6.77. The minimum atomic E-state index is 0.394. The van der Waals surface area contributed by atoms with Crippen LogP contribution < -0.4 is 21.5 Å². The molecule has 0 amide bonds. The maximum Gasteiger partial charge on any atom is 0.243 e. The van der Waals surface area contributed by atoms with Gasteiger partial charge in [0.25, 0.3) is 0 Å². The van der Waals surface area contributed by atoms with Gasteiger partial charge in [-0.3, -0.25) is 5.43 Å². The topological polar surface area (TPSA) is 92.0 Å². The van der Waals surface area contributed by atoms with Gasteiger partial charge in [0.05, 0.1) is 0 Å². The number of hydrogen-bond acceptors (Lipinski definition) is 7.